The molecule has 1 aliphatic carbocycles. The van der Waals surface area contributed by atoms with Crippen molar-refractivity contribution in [3.05, 3.63) is 23.4 Å². The van der Waals surface area contributed by atoms with Gasteiger partial charge in [-0.05, 0) is 24.5 Å². The van der Waals surface area contributed by atoms with Gasteiger partial charge in [-0.2, -0.15) is 26.3 Å². The standard InChI is InChI=1S/C19H26F6N2O/c1-16(2)8-12(26)9-17(3,4)15(16)28-14-6-11(7-18(20,21)22)5-13(27-14)10-19(23,24)25/h5-6,12,15H,7-10,26H2,1-4H3. The van der Waals surface area contributed by atoms with Gasteiger partial charge in [-0.3, -0.25) is 0 Å². The molecule has 0 atom stereocenters. The van der Waals surface area contributed by atoms with E-state index in [1.807, 2.05) is 27.7 Å². The number of rotatable bonds is 4. The second-order valence-electron chi connectivity index (χ2n) is 9.03. The zero-order valence-corrected chi connectivity index (χ0v) is 16.3. The molecule has 28 heavy (non-hydrogen) atoms. The number of hydrogen-bond acceptors (Lipinski definition) is 3. The van der Waals surface area contributed by atoms with Crippen molar-refractivity contribution in [3.8, 4) is 5.88 Å². The van der Waals surface area contributed by atoms with E-state index in [4.69, 9.17) is 10.5 Å². The van der Waals surface area contributed by atoms with Crippen LogP contribution in [0.25, 0.3) is 0 Å². The topological polar surface area (TPSA) is 48.1 Å². The fraction of sp³-hybridized carbons (Fsp3) is 0.737. The molecule has 9 heteroatoms. The molecule has 0 amide bonds. The highest BCUT2D eigenvalue weighted by Crippen LogP contribution is 2.47. The minimum absolute atomic E-state index is 0.0600. The molecule has 160 valence electrons. The Morgan fingerprint density at radius 1 is 0.964 bits per heavy atom. The first-order valence-electron chi connectivity index (χ1n) is 9.02. The summed E-state index contributed by atoms with van der Waals surface area (Å²) in [5, 5.41) is 0. The number of ether oxygens (including phenoxy) is 1. The number of alkyl halides is 6. The van der Waals surface area contributed by atoms with E-state index in [2.05, 4.69) is 4.98 Å². The van der Waals surface area contributed by atoms with E-state index in [9.17, 15) is 26.3 Å². The molecule has 0 aliphatic heterocycles. The Labute approximate surface area is 160 Å². The number of hydrogen-bond donors (Lipinski definition) is 1. The Morgan fingerprint density at radius 3 is 1.93 bits per heavy atom. The maximum absolute atomic E-state index is 12.8. The molecule has 3 nitrogen and oxygen atoms in total. The molecular formula is C19H26F6N2O. The molecule has 1 heterocycles. The zero-order chi connectivity index (χ0) is 21.5. The lowest BCUT2D eigenvalue weighted by Crippen LogP contribution is -2.54. The van der Waals surface area contributed by atoms with Gasteiger partial charge in [0, 0.05) is 22.9 Å². The summed E-state index contributed by atoms with van der Waals surface area (Å²) < 4.78 is 82.6. The maximum atomic E-state index is 12.8. The number of aromatic nitrogens is 1. The number of halogens is 6. The second kappa shape index (κ2) is 7.39. The molecule has 1 aliphatic rings. The summed E-state index contributed by atoms with van der Waals surface area (Å²) in [6, 6.07) is 1.85. The highest BCUT2D eigenvalue weighted by Gasteiger charge is 2.48. The Balaban J connectivity index is 2.40. The van der Waals surface area contributed by atoms with E-state index >= 15 is 0 Å². The van der Waals surface area contributed by atoms with Crippen LogP contribution in [0, 0.1) is 10.8 Å². The van der Waals surface area contributed by atoms with Gasteiger partial charge in [0.05, 0.1) is 18.5 Å². The summed E-state index contributed by atoms with van der Waals surface area (Å²) in [4.78, 5) is 3.85. The molecule has 2 N–H and O–H groups in total. The lowest BCUT2D eigenvalue weighted by atomic mass is 9.61. The van der Waals surface area contributed by atoms with E-state index in [0.717, 1.165) is 12.1 Å². The van der Waals surface area contributed by atoms with Crippen LogP contribution < -0.4 is 10.5 Å². The Morgan fingerprint density at radius 2 is 1.46 bits per heavy atom. The van der Waals surface area contributed by atoms with Crippen molar-refractivity contribution in [3.63, 3.8) is 0 Å². The van der Waals surface area contributed by atoms with Crippen LogP contribution in [0.3, 0.4) is 0 Å². The summed E-state index contributed by atoms with van der Waals surface area (Å²) in [5.74, 6) is -0.220. The van der Waals surface area contributed by atoms with Crippen LogP contribution in [-0.4, -0.2) is 29.5 Å². The van der Waals surface area contributed by atoms with Crippen LogP contribution in [-0.2, 0) is 12.8 Å². The third-order valence-electron chi connectivity index (χ3n) is 4.94. The average Bonchev–Trinajstić information content (AvgIpc) is 2.37. The highest BCUT2D eigenvalue weighted by atomic mass is 19.4. The largest absolute Gasteiger partial charge is 0.473 e. The molecule has 0 saturated heterocycles. The van der Waals surface area contributed by atoms with Crippen LogP contribution in [0.15, 0.2) is 12.1 Å². The van der Waals surface area contributed by atoms with Crippen molar-refractivity contribution in [2.75, 3.05) is 0 Å². The lowest BCUT2D eigenvalue weighted by Gasteiger charge is -2.50. The molecule has 1 aromatic heterocycles. The zero-order valence-electron chi connectivity index (χ0n) is 16.3. The molecule has 0 bridgehead atoms. The van der Waals surface area contributed by atoms with Crippen molar-refractivity contribution in [1.82, 2.24) is 4.98 Å². The first-order chi connectivity index (χ1) is 12.5. The van der Waals surface area contributed by atoms with Gasteiger partial charge in [0.2, 0.25) is 5.88 Å². The minimum atomic E-state index is -4.59. The van der Waals surface area contributed by atoms with Crippen molar-refractivity contribution >= 4 is 0 Å². The van der Waals surface area contributed by atoms with Crippen LogP contribution in [0.1, 0.15) is 51.8 Å². The Kier molecular flexibility index (Phi) is 6.01. The molecule has 0 unspecified atom stereocenters. The molecule has 0 radical (unpaired) electrons. The second-order valence-corrected chi connectivity index (χ2v) is 9.03. The van der Waals surface area contributed by atoms with Gasteiger partial charge in [0.1, 0.15) is 6.10 Å². The number of nitrogens with zero attached hydrogens (tertiary/aromatic N) is 1. The van der Waals surface area contributed by atoms with E-state index in [-0.39, 0.29) is 17.5 Å². The van der Waals surface area contributed by atoms with Gasteiger partial charge in [0.25, 0.3) is 0 Å². The summed E-state index contributed by atoms with van der Waals surface area (Å²) >= 11 is 0. The van der Waals surface area contributed by atoms with Gasteiger partial charge in [-0.15, -0.1) is 0 Å². The number of nitrogens with two attached hydrogens (primary N) is 1. The summed E-state index contributed by atoms with van der Waals surface area (Å²) in [6.07, 6.45) is -11.1. The van der Waals surface area contributed by atoms with Gasteiger partial charge in [-0.25, -0.2) is 4.98 Å². The van der Waals surface area contributed by atoms with Crippen molar-refractivity contribution in [2.45, 2.75) is 77.9 Å². The van der Waals surface area contributed by atoms with E-state index < -0.39 is 47.8 Å². The predicted octanol–water partition coefficient (Wildman–Crippen LogP) is 5.21. The summed E-state index contributed by atoms with van der Waals surface area (Å²) in [5.41, 5.74) is 4.46. The van der Waals surface area contributed by atoms with Crippen LogP contribution in [0.5, 0.6) is 5.88 Å². The molecule has 1 aromatic rings. The molecular weight excluding hydrogens is 386 g/mol. The molecule has 1 fully saturated rings. The SMILES string of the molecule is CC1(C)CC(N)CC(C)(C)C1Oc1cc(CC(F)(F)F)cc(CC(F)(F)F)n1. The van der Waals surface area contributed by atoms with Gasteiger partial charge < -0.3 is 10.5 Å². The third kappa shape index (κ3) is 6.25. The van der Waals surface area contributed by atoms with E-state index in [1.165, 1.54) is 0 Å². The first-order valence-corrected chi connectivity index (χ1v) is 9.02. The lowest BCUT2D eigenvalue weighted by molar-refractivity contribution is -0.128. The monoisotopic (exact) mass is 412 g/mol. The van der Waals surface area contributed by atoms with Crippen molar-refractivity contribution in [1.29, 1.82) is 0 Å². The minimum Gasteiger partial charge on any atom is -0.473 e. The molecule has 2 rings (SSSR count). The van der Waals surface area contributed by atoms with Gasteiger partial charge >= 0.3 is 12.4 Å². The normalized spacial score (nSPS) is 24.8. The van der Waals surface area contributed by atoms with Crippen molar-refractivity contribution in [2.24, 2.45) is 16.6 Å². The average molecular weight is 412 g/mol. The molecule has 0 spiro atoms. The van der Waals surface area contributed by atoms with Crippen LogP contribution >= 0.6 is 0 Å². The van der Waals surface area contributed by atoms with E-state index in [0.29, 0.717) is 12.8 Å². The quantitative estimate of drug-likeness (QED) is 0.691. The third-order valence-corrected chi connectivity index (χ3v) is 4.94. The van der Waals surface area contributed by atoms with Crippen molar-refractivity contribution < 1.29 is 31.1 Å². The smallest absolute Gasteiger partial charge is 0.394 e. The van der Waals surface area contributed by atoms with Crippen LogP contribution in [0.2, 0.25) is 0 Å². The molecule has 1 saturated carbocycles. The van der Waals surface area contributed by atoms with E-state index in [1.54, 1.807) is 0 Å². The summed E-state index contributed by atoms with van der Waals surface area (Å²) in [6.45, 7) is 7.70. The Hall–Kier alpha value is -1.51. The number of pyridine rings is 1. The van der Waals surface area contributed by atoms with Gasteiger partial charge in [0.15, 0.2) is 0 Å². The fourth-order valence-corrected chi connectivity index (χ4v) is 4.45. The Bertz CT molecular complexity index is 644. The van der Waals surface area contributed by atoms with Crippen LogP contribution in [0.4, 0.5) is 26.3 Å². The predicted molar refractivity (Wildman–Crippen MR) is 92.9 cm³/mol. The molecule has 0 aromatic carbocycles. The first kappa shape index (κ1) is 22.8. The maximum Gasteiger partial charge on any atom is 0.394 e. The van der Waals surface area contributed by atoms with Gasteiger partial charge in [-0.1, -0.05) is 27.7 Å². The highest BCUT2D eigenvalue weighted by molar-refractivity contribution is 5.27. The summed E-state index contributed by atoms with van der Waals surface area (Å²) in [7, 11) is 0. The fourth-order valence-electron chi connectivity index (χ4n) is 4.45.